The van der Waals surface area contributed by atoms with Crippen LogP contribution in [0.4, 0.5) is 5.82 Å². The van der Waals surface area contributed by atoms with Crippen molar-refractivity contribution in [3.05, 3.63) is 42.2 Å². The Morgan fingerprint density at radius 3 is 2.85 bits per heavy atom. The Labute approximate surface area is 152 Å². The van der Waals surface area contributed by atoms with E-state index in [0.717, 1.165) is 30.8 Å². The molecule has 0 unspecified atom stereocenters. The number of nitrogens with one attached hydrogen (secondary N) is 1. The van der Waals surface area contributed by atoms with Crippen LogP contribution in [0.2, 0.25) is 0 Å². The van der Waals surface area contributed by atoms with Crippen molar-refractivity contribution in [1.29, 1.82) is 0 Å². The summed E-state index contributed by atoms with van der Waals surface area (Å²) < 4.78 is 0. The first-order valence-corrected chi connectivity index (χ1v) is 8.95. The number of nitrogen functional groups attached to an aromatic ring is 1. The van der Waals surface area contributed by atoms with E-state index in [4.69, 9.17) is 5.73 Å². The highest BCUT2D eigenvalue weighted by Gasteiger charge is 2.43. The average molecular weight is 353 g/mol. The maximum absolute atomic E-state index is 12.9. The Balaban J connectivity index is 1.48. The number of aromatic nitrogens is 2. The molecule has 0 spiro atoms. The van der Waals surface area contributed by atoms with E-state index in [2.05, 4.69) is 15.3 Å². The quantitative estimate of drug-likeness (QED) is 0.741. The molecule has 2 aromatic rings. The second kappa shape index (κ2) is 6.66. The molecule has 2 fully saturated rings. The number of nitrogens with zero attached hydrogens (tertiary/aromatic N) is 3. The number of carbonyl (C=O) groups excluding carboxylic acids is 1. The van der Waals surface area contributed by atoms with Gasteiger partial charge in [0, 0.05) is 42.7 Å². The molecule has 7 heteroatoms. The lowest BCUT2D eigenvalue weighted by Crippen LogP contribution is -2.59. The van der Waals surface area contributed by atoms with Crippen molar-refractivity contribution in [2.45, 2.75) is 18.4 Å². The summed E-state index contributed by atoms with van der Waals surface area (Å²) in [5, 5.41) is 14.1. The minimum absolute atomic E-state index is 0.00590. The number of hydrogen-bond acceptors (Lipinski definition) is 6. The van der Waals surface area contributed by atoms with Crippen LogP contribution in [-0.2, 0) is 0 Å². The maximum atomic E-state index is 12.9. The fraction of sp³-hybridized carbons (Fsp3) is 0.421. The first-order valence-electron chi connectivity index (χ1n) is 8.95. The van der Waals surface area contributed by atoms with Crippen molar-refractivity contribution in [1.82, 2.24) is 20.2 Å². The van der Waals surface area contributed by atoms with Crippen LogP contribution in [0.1, 0.15) is 23.2 Å². The molecule has 1 aromatic carbocycles. The number of anilines is 1. The van der Waals surface area contributed by atoms with Crippen LogP contribution in [0.25, 0.3) is 11.3 Å². The molecule has 2 aliphatic rings. The third kappa shape index (κ3) is 3.15. The van der Waals surface area contributed by atoms with Crippen molar-refractivity contribution in [3.8, 4) is 11.3 Å². The van der Waals surface area contributed by atoms with Gasteiger partial charge >= 0.3 is 0 Å². The minimum atomic E-state index is -0.626. The fourth-order valence-electron chi connectivity index (χ4n) is 3.91. The van der Waals surface area contributed by atoms with Gasteiger partial charge in [-0.1, -0.05) is 12.1 Å². The molecule has 2 atom stereocenters. The predicted molar refractivity (Wildman–Crippen MR) is 98.3 cm³/mol. The van der Waals surface area contributed by atoms with Gasteiger partial charge in [-0.15, -0.1) is 0 Å². The van der Waals surface area contributed by atoms with E-state index in [1.165, 1.54) is 6.33 Å². The molecule has 26 heavy (non-hydrogen) atoms. The number of rotatable bonds is 2. The topological polar surface area (TPSA) is 104 Å². The number of aliphatic hydroxyl groups is 1. The summed E-state index contributed by atoms with van der Waals surface area (Å²) in [5.74, 6) is 0.514. The van der Waals surface area contributed by atoms with Gasteiger partial charge in [0.05, 0.1) is 11.3 Å². The summed E-state index contributed by atoms with van der Waals surface area (Å²) >= 11 is 0. The molecule has 7 nitrogen and oxygen atoms in total. The van der Waals surface area contributed by atoms with Crippen LogP contribution < -0.4 is 11.1 Å². The van der Waals surface area contributed by atoms with Crippen molar-refractivity contribution in [2.24, 2.45) is 5.92 Å². The zero-order valence-electron chi connectivity index (χ0n) is 14.6. The molecule has 4 N–H and O–H groups in total. The summed E-state index contributed by atoms with van der Waals surface area (Å²) in [6, 6.07) is 9.08. The van der Waals surface area contributed by atoms with Crippen molar-refractivity contribution in [2.75, 3.05) is 31.9 Å². The number of hydrogen-bond donors (Lipinski definition) is 3. The monoisotopic (exact) mass is 353 g/mol. The zero-order chi connectivity index (χ0) is 18.1. The molecule has 2 aliphatic heterocycles. The Bertz CT molecular complexity index is 810. The minimum Gasteiger partial charge on any atom is -0.389 e. The van der Waals surface area contributed by atoms with Gasteiger partial charge in [-0.2, -0.15) is 0 Å². The standard InChI is InChI=1S/C19H23N5O2/c20-17-9-16(22-12-23-17)13-1-3-14(4-2-13)18(25)24-8-6-19(26)5-7-21-10-15(19)11-24/h1-4,9,12,15,21,26H,5-8,10-11H2,(H2,20,22,23)/t15-,19-/m0/s1. The molecule has 0 radical (unpaired) electrons. The fourth-order valence-corrected chi connectivity index (χ4v) is 3.91. The molecular formula is C19H23N5O2. The molecule has 3 heterocycles. The third-order valence-corrected chi connectivity index (χ3v) is 5.54. The van der Waals surface area contributed by atoms with E-state index in [1.807, 2.05) is 29.2 Å². The van der Waals surface area contributed by atoms with Gasteiger partial charge in [-0.05, 0) is 31.5 Å². The van der Waals surface area contributed by atoms with Gasteiger partial charge in [0.15, 0.2) is 0 Å². The number of likely N-dealkylation sites (tertiary alicyclic amines) is 1. The first kappa shape index (κ1) is 16.9. The predicted octanol–water partition coefficient (Wildman–Crippen LogP) is 0.912. The Hall–Kier alpha value is -2.51. The van der Waals surface area contributed by atoms with Crippen molar-refractivity contribution >= 4 is 11.7 Å². The van der Waals surface area contributed by atoms with Gasteiger partial charge < -0.3 is 21.1 Å². The van der Waals surface area contributed by atoms with Gasteiger partial charge in [0.25, 0.3) is 5.91 Å². The lowest BCUT2D eigenvalue weighted by Gasteiger charge is -2.47. The number of nitrogens with two attached hydrogens (primary N) is 1. The second-order valence-electron chi connectivity index (χ2n) is 7.16. The summed E-state index contributed by atoms with van der Waals surface area (Å²) in [5.41, 5.74) is 7.33. The summed E-state index contributed by atoms with van der Waals surface area (Å²) in [4.78, 5) is 22.8. The summed E-state index contributed by atoms with van der Waals surface area (Å²) in [7, 11) is 0. The highest BCUT2D eigenvalue weighted by Crippen LogP contribution is 2.33. The number of piperidine rings is 2. The molecular weight excluding hydrogens is 330 g/mol. The van der Waals surface area contributed by atoms with Crippen molar-refractivity contribution < 1.29 is 9.90 Å². The molecule has 136 valence electrons. The highest BCUT2D eigenvalue weighted by atomic mass is 16.3. The lowest BCUT2D eigenvalue weighted by atomic mass is 9.76. The number of benzene rings is 1. The van der Waals surface area contributed by atoms with E-state index in [-0.39, 0.29) is 11.8 Å². The molecule has 1 amide bonds. The summed E-state index contributed by atoms with van der Waals surface area (Å²) in [6.07, 6.45) is 2.83. The van der Waals surface area contributed by atoms with Crippen LogP contribution >= 0.6 is 0 Å². The molecule has 0 bridgehead atoms. The third-order valence-electron chi connectivity index (χ3n) is 5.54. The second-order valence-corrected chi connectivity index (χ2v) is 7.16. The first-order chi connectivity index (χ1) is 12.5. The summed E-state index contributed by atoms with van der Waals surface area (Å²) in [6.45, 7) is 2.78. The molecule has 4 rings (SSSR count). The van der Waals surface area contributed by atoms with Crippen molar-refractivity contribution in [3.63, 3.8) is 0 Å². The highest BCUT2D eigenvalue weighted by molar-refractivity contribution is 5.94. The van der Waals surface area contributed by atoms with E-state index < -0.39 is 5.60 Å². The van der Waals surface area contributed by atoms with Crippen LogP contribution in [0, 0.1) is 5.92 Å². The van der Waals surface area contributed by atoms with Gasteiger partial charge in [0.1, 0.15) is 12.1 Å². The van der Waals surface area contributed by atoms with E-state index in [1.54, 1.807) is 6.07 Å². The smallest absolute Gasteiger partial charge is 0.253 e. The van der Waals surface area contributed by atoms with E-state index in [0.29, 0.717) is 30.9 Å². The maximum Gasteiger partial charge on any atom is 0.253 e. The van der Waals surface area contributed by atoms with Gasteiger partial charge in [0.2, 0.25) is 0 Å². The molecule has 2 saturated heterocycles. The largest absolute Gasteiger partial charge is 0.389 e. The Morgan fingerprint density at radius 2 is 2.08 bits per heavy atom. The average Bonchev–Trinajstić information content (AvgIpc) is 2.67. The SMILES string of the molecule is Nc1cc(-c2ccc(C(=O)N3CC[C@@]4(O)CCNC[C@H]4C3)cc2)ncn1. The normalized spacial score (nSPS) is 25.6. The lowest BCUT2D eigenvalue weighted by molar-refractivity contribution is -0.0817. The van der Waals surface area contributed by atoms with E-state index >= 15 is 0 Å². The van der Waals surface area contributed by atoms with Crippen LogP contribution in [0.15, 0.2) is 36.7 Å². The molecule has 1 aromatic heterocycles. The van der Waals surface area contributed by atoms with Crippen LogP contribution in [0.5, 0.6) is 0 Å². The zero-order valence-corrected chi connectivity index (χ0v) is 14.6. The van der Waals surface area contributed by atoms with E-state index in [9.17, 15) is 9.90 Å². The number of carbonyl (C=O) groups is 1. The van der Waals surface area contributed by atoms with Gasteiger partial charge in [-0.3, -0.25) is 4.79 Å². The van der Waals surface area contributed by atoms with Crippen LogP contribution in [-0.4, -0.2) is 57.7 Å². The Kier molecular flexibility index (Phi) is 4.34. The van der Waals surface area contributed by atoms with Crippen LogP contribution in [0.3, 0.4) is 0 Å². The Morgan fingerprint density at radius 1 is 1.27 bits per heavy atom. The number of amides is 1. The molecule has 0 saturated carbocycles. The van der Waals surface area contributed by atoms with Gasteiger partial charge in [-0.25, -0.2) is 9.97 Å². The molecule has 0 aliphatic carbocycles. The number of fused-ring (bicyclic) bond motifs is 1.